The summed E-state index contributed by atoms with van der Waals surface area (Å²) >= 11 is 0. The maximum absolute atomic E-state index is 13.8. The second-order valence-corrected chi connectivity index (χ2v) is 19.9. The zero-order valence-corrected chi connectivity index (χ0v) is 41.3. The molecule has 3 aliphatic rings. The lowest BCUT2D eigenvalue weighted by Crippen LogP contribution is -2.60. The molecule has 1 aromatic carbocycles. The number of piperidine rings is 1. The second kappa shape index (κ2) is 24.3. The monoisotopic (exact) mass is 946 g/mol. The number of aromatic nitrogens is 3. The Hall–Kier alpha value is -3.66. The molecule has 2 aromatic rings. The van der Waals surface area contributed by atoms with Crippen LogP contribution in [-0.4, -0.2) is 157 Å². The Morgan fingerprint density at radius 1 is 1.06 bits per heavy atom. The first-order valence-electron chi connectivity index (χ1n) is 24.3. The van der Waals surface area contributed by atoms with Crippen LogP contribution in [0.1, 0.15) is 112 Å². The Labute approximate surface area is 396 Å². The van der Waals surface area contributed by atoms with Crippen molar-refractivity contribution in [3.8, 4) is 0 Å². The highest BCUT2D eigenvalue weighted by molar-refractivity contribution is 5.88. The van der Waals surface area contributed by atoms with Gasteiger partial charge < -0.3 is 54.4 Å². The molecule has 0 spiro atoms. The first-order chi connectivity index (χ1) is 31.7. The molecule has 19 nitrogen and oxygen atoms in total. The highest BCUT2D eigenvalue weighted by Crippen LogP contribution is 2.40. The lowest BCUT2D eigenvalue weighted by Gasteiger charge is -2.48. The molecule has 0 amide bonds. The van der Waals surface area contributed by atoms with Crippen LogP contribution in [0.4, 0.5) is 5.69 Å². The topological polar surface area (TPSA) is 246 Å². The minimum atomic E-state index is -1.89. The number of cyclic esters (lactones) is 1. The van der Waals surface area contributed by atoms with Crippen LogP contribution in [0.3, 0.4) is 0 Å². The van der Waals surface area contributed by atoms with Gasteiger partial charge in [-0.1, -0.05) is 50.2 Å². The molecule has 4 heterocycles. The van der Waals surface area contributed by atoms with Crippen molar-refractivity contribution in [1.82, 2.24) is 25.2 Å². The smallest absolute Gasteiger partial charge is 0.311 e. The van der Waals surface area contributed by atoms with Gasteiger partial charge in [0.25, 0.3) is 5.69 Å². The van der Waals surface area contributed by atoms with E-state index in [0.29, 0.717) is 38.2 Å². The van der Waals surface area contributed by atoms with Crippen LogP contribution in [0.5, 0.6) is 0 Å². The Kier molecular flexibility index (Phi) is 19.7. The molecule has 1 aromatic heterocycles. The van der Waals surface area contributed by atoms with Crippen molar-refractivity contribution < 1.29 is 53.9 Å². The lowest BCUT2D eigenvalue weighted by atomic mass is 9.73. The third kappa shape index (κ3) is 13.8. The number of aliphatic hydroxyl groups excluding tert-OH is 3. The zero-order chi connectivity index (χ0) is 49.2. The van der Waals surface area contributed by atoms with Crippen molar-refractivity contribution in [2.75, 3.05) is 33.8 Å². The third-order valence-corrected chi connectivity index (χ3v) is 14.6. The Morgan fingerprint density at radius 2 is 1.78 bits per heavy atom. The van der Waals surface area contributed by atoms with E-state index in [1.807, 2.05) is 38.7 Å². The number of benzene rings is 1. The highest BCUT2D eigenvalue weighted by atomic mass is 16.7. The van der Waals surface area contributed by atoms with E-state index in [-0.39, 0.29) is 36.8 Å². The maximum Gasteiger partial charge on any atom is 0.311 e. The fraction of sp³-hybridized carbons (Fsp3) is 0.792. The molecule has 3 aliphatic heterocycles. The van der Waals surface area contributed by atoms with E-state index in [2.05, 4.69) is 25.7 Å². The normalized spacial score (nSPS) is 36.7. The van der Waals surface area contributed by atoms with Gasteiger partial charge >= 0.3 is 5.97 Å². The lowest BCUT2D eigenvalue weighted by molar-refractivity contribution is -0.384. The van der Waals surface area contributed by atoms with Gasteiger partial charge in [-0.2, -0.15) is 0 Å². The summed E-state index contributed by atoms with van der Waals surface area (Å²) in [4.78, 5) is 32.6. The summed E-state index contributed by atoms with van der Waals surface area (Å²) in [6.07, 6.45) is 0.128. The van der Waals surface area contributed by atoms with Gasteiger partial charge in [0.2, 0.25) is 0 Å². The van der Waals surface area contributed by atoms with Crippen molar-refractivity contribution in [2.24, 2.45) is 28.8 Å². The number of carbonyl (C=O) groups excluding carboxylic acids is 1. The Morgan fingerprint density at radius 3 is 2.42 bits per heavy atom. The quantitative estimate of drug-likeness (QED) is 0.0685. The van der Waals surface area contributed by atoms with Crippen molar-refractivity contribution in [3.63, 3.8) is 0 Å². The SMILES string of the molecule is CC[C@H]1OC(=O)[C@H](C)[C@@H](O)[C@H](C)[C@@H](O[C@@H]2O[C@H](C)C[C@H](N(C)CCc3cn(CCCCc4ccc([N+](=O)[O-])cc4)nn3)[C@H]2O)[C@](C)(OC)C[C@@H](C)/C(=N\O[C@@H]2CCCNC2)[C@H](C)[C@@H](O)[C@]1(C)O. The van der Waals surface area contributed by atoms with E-state index in [1.54, 1.807) is 46.9 Å². The van der Waals surface area contributed by atoms with Gasteiger partial charge in [-0.05, 0) is 98.2 Å². The standard InChI is InChI=1S/C48H79N7O12/c1-11-39-48(8,60)43(58)31(4)40(51-67-37-16-14-22-49-27-37)29(2)26-47(7,63-10)44(32(5)41(56)33(6)45(59)65-39)66-46-42(57)38(25-30(3)64-46)53(9)24-21-35-28-54(52-50-35)23-13-12-15-34-17-19-36(20-18-34)55(61)62/h17-20,28-33,37-39,41-44,46,49,56-58,60H,11-16,21-27H2,1-10H3/b51-40+/t29-,30-,31+,32+,33-,37-,38+,39-,41+,42-,43-,44-,46+,47-,48-/m1/s1. The summed E-state index contributed by atoms with van der Waals surface area (Å²) in [5, 5.41) is 75.6. The average molecular weight is 946 g/mol. The molecule has 5 N–H and O–H groups in total. The number of rotatable bonds is 16. The van der Waals surface area contributed by atoms with E-state index >= 15 is 0 Å². The van der Waals surface area contributed by atoms with Gasteiger partial charge in [0.15, 0.2) is 6.29 Å². The summed E-state index contributed by atoms with van der Waals surface area (Å²) < 4.78 is 27.3. The van der Waals surface area contributed by atoms with Crippen LogP contribution in [0.25, 0.3) is 0 Å². The molecular formula is C48H79N7O12. The number of hydrogen-bond donors (Lipinski definition) is 5. The molecule has 19 heteroatoms. The van der Waals surface area contributed by atoms with Crippen molar-refractivity contribution in [1.29, 1.82) is 0 Å². The van der Waals surface area contributed by atoms with Crippen LogP contribution in [-0.2, 0) is 48.0 Å². The molecular weight excluding hydrogens is 867 g/mol. The number of hydrogen-bond acceptors (Lipinski definition) is 17. The van der Waals surface area contributed by atoms with Crippen LogP contribution in [0.15, 0.2) is 35.6 Å². The molecule has 15 atom stereocenters. The molecule has 3 fully saturated rings. The van der Waals surface area contributed by atoms with E-state index in [4.69, 9.17) is 23.8 Å². The fourth-order valence-electron chi connectivity index (χ4n) is 10.1. The molecule has 0 radical (unpaired) electrons. The van der Waals surface area contributed by atoms with E-state index in [9.17, 15) is 35.3 Å². The maximum atomic E-state index is 13.8. The minimum absolute atomic E-state index is 0.0803. The van der Waals surface area contributed by atoms with Crippen molar-refractivity contribution in [3.05, 3.63) is 51.8 Å². The van der Waals surface area contributed by atoms with Crippen LogP contribution in [0, 0.1) is 33.8 Å². The number of non-ortho nitro benzene ring substituents is 1. The predicted octanol–water partition coefficient (Wildman–Crippen LogP) is 4.21. The summed E-state index contributed by atoms with van der Waals surface area (Å²) in [7, 11) is 3.49. The zero-order valence-electron chi connectivity index (χ0n) is 41.3. The number of nitro benzene ring substituents is 1. The number of aliphatic hydroxyl groups is 4. The first-order valence-corrected chi connectivity index (χ1v) is 24.3. The van der Waals surface area contributed by atoms with Crippen LogP contribution in [0.2, 0.25) is 0 Å². The van der Waals surface area contributed by atoms with Crippen molar-refractivity contribution >= 4 is 17.4 Å². The largest absolute Gasteiger partial charge is 0.459 e. The summed E-state index contributed by atoms with van der Waals surface area (Å²) in [6, 6.07) is 6.26. The van der Waals surface area contributed by atoms with Crippen LogP contribution >= 0.6 is 0 Å². The average Bonchev–Trinajstić information content (AvgIpc) is 3.77. The number of aryl methyl sites for hydroxylation is 2. The highest BCUT2D eigenvalue weighted by Gasteiger charge is 2.52. The fourth-order valence-corrected chi connectivity index (χ4v) is 10.1. The number of likely N-dealkylation sites (N-methyl/N-ethyl adjacent to an activating group) is 1. The summed E-state index contributed by atoms with van der Waals surface area (Å²) in [6.45, 7) is 16.8. The first kappa shape index (κ1) is 54.3. The van der Waals surface area contributed by atoms with Gasteiger partial charge in [0.1, 0.15) is 23.9 Å². The van der Waals surface area contributed by atoms with Gasteiger partial charge in [-0.15, -0.1) is 5.10 Å². The molecule has 3 saturated heterocycles. The van der Waals surface area contributed by atoms with Crippen LogP contribution < -0.4 is 5.32 Å². The van der Waals surface area contributed by atoms with Gasteiger partial charge in [0, 0.05) is 75.3 Å². The number of oxime groups is 1. The number of ether oxygens (including phenoxy) is 4. The number of unbranched alkanes of at least 4 members (excludes halogenated alkanes) is 1. The summed E-state index contributed by atoms with van der Waals surface area (Å²) in [5.74, 6) is -3.81. The number of nitro groups is 1. The number of methoxy groups -OCH3 is 1. The van der Waals surface area contributed by atoms with E-state index in [0.717, 1.165) is 49.9 Å². The Balaban J connectivity index is 1.33. The summed E-state index contributed by atoms with van der Waals surface area (Å²) in [5.41, 5.74) is -0.683. The molecule has 378 valence electrons. The molecule has 0 unspecified atom stereocenters. The van der Waals surface area contributed by atoms with Gasteiger partial charge in [-0.3, -0.25) is 19.6 Å². The molecule has 5 rings (SSSR count). The number of nitrogens with one attached hydrogen (secondary N) is 1. The molecule has 0 saturated carbocycles. The van der Waals surface area contributed by atoms with Gasteiger partial charge in [0.05, 0.1) is 52.3 Å². The molecule has 67 heavy (non-hydrogen) atoms. The van der Waals surface area contributed by atoms with Crippen molar-refractivity contribution in [2.45, 2.75) is 186 Å². The van der Waals surface area contributed by atoms with Gasteiger partial charge in [-0.25, -0.2) is 0 Å². The number of nitrogens with zero attached hydrogens (tertiary/aromatic N) is 6. The molecule has 0 aliphatic carbocycles. The molecule has 0 bridgehead atoms. The minimum Gasteiger partial charge on any atom is -0.459 e. The predicted molar refractivity (Wildman–Crippen MR) is 250 cm³/mol. The number of esters is 1. The third-order valence-electron chi connectivity index (χ3n) is 14.6. The number of carbonyl (C=O) groups is 1. The second-order valence-electron chi connectivity index (χ2n) is 19.9. The van der Waals surface area contributed by atoms with E-state index in [1.165, 1.54) is 19.1 Å². The Bertz CT molecular complexity index is 1900. The van der Waals surface area contributed by atoms with E-state index < -0.39 is 82.6 Å².